The van der Waals surface area contributed by atoms with Gasteiger partial charge in [-0.1, -0.05) is 51.1 Å². The van der Waals surface area contributed by atoms with E-state index in [9.17, 15) is 4.79 Å². The number of hydroxylamine groups is 2. The van der Waals surface area contributed by atoms with Gasteiger partial charge in [0.2, 0.25) is 11.8 Å². The lowest BCUT2D eigenvalue weighted by molar-refractivity contribution is -0.153. The van der Waals surface area contributed by atoms with E-state index in [4.69, 9.17) is 19.4 Å². The molecule has 3 aliphatic rings. The lowest BCUT2D eigenvalue weighted by atomic mass is 9.85. The highest BCUT2D eigenvalue weighted by molar-refractivity contribution is 6.74. The number of hydrogen-bond acceptors (Lipinski definition) is 7. The highest BCUT2D eigenvalue weighted by Crippen LogP contribution is 2.61. The summed E-state index contributed by atoms with van der Waals surface area (Å²) in [5.41, 5.74) is 7.14. The lowest BCUT2D eigenvalue weighted by Gasteiger charge is -2.38. The Morgan fingerprint density at radius 3 is 2.57 bits per heavy atom. The van der Waals surface area contributed by atoms with Crippen LogP contribution in [-0.2, 0) is 15.9 Å². The molecule has 3 fully saturated rings. The van der Waals surface area contributed by atoms with E-state index >= 15 is 0 Å². The van der Waals surface area contributed by atoms with Crippen LogP contribution >= 0.6 is 0 Å². The van der Waals surface area contributed by atoms with Crippen LogP contribution in [0.1, 0.15) is 69.5 Å². The molecule has 35 heavy (non-hydrogen) atoms. The van der Waals surface area contributed by atoms with Crippen LogP contribution in [0.3, 0.4) is 0 Å². The summed E-state index contributed by atoms with van der Waals surface area (Å²) in [4.78, 5) is 21.3. The van der Waals surface area contributed by atoms with Crippen molar-refractivity contribution < 1.29 is 18.5 Å². The average molecular weight is 500 g/mol. The summed E-state index contributed by atoms with van der Waals surface area (Å²) in [5, 5.41) is 10.3. The molecule has 1 saturated carbocycles. The molecule has 1 aliphatic carbocycles. The van der Waals surface area contributed by atoms with Crippen LogP contribution in [0.4, 0.5) is 4.79 Å². The van der Waals surface area contributed by atoms with Crippen molar-refractivity contribution in [1.82, 2.24) is 20.2 Å². The zero-order valence-electron chi connectivity index (χ0n) is 21.4. The number of rotatable bonds is 8. The fourth-order valence-corrected chi connectivity index (χ4v) is 6.22. The van der Waals surface area contributed by atoms with Crippen molar-refractivity contribution in [2.75, 3.05) is 13.1 Å². The maximum Gasteiger partial charge on any atom is 0.345 e. The van der Waals surface area contributed by atoms with Crippen molar-refractivity contribution >= 4 is 14.3 Å². The van der Waals surface area contributed by atoms with Crippen LogP contribution in [0.15, 0.2) is 34.7 Å². The minimum absolute atomic E-state index is 0.0329. The first-order valence-electron chi connectivity index (χ1n) is 12.5. The van der Waals surface area contributed by atoms with E-state index in [1.54, 1.807) is 5.06 Å². The molecule has 10 heteroatoms. The first kappa shape index (κ1) is 24.4. The van der Waals surface area contributed by atoms with E-state index in [-0.39, 0.29) is 35.1 Å². The predicted molar refractivity (Wildman–Crippen MR) is 132 cm³/mol. The van der Waals surface area contributed by atoms with Gasteiger partial charge >= 0.3 is 6.03 Å². The van der Waals surface area contributed by atoms with Gasteiger partial charge in [-0.3, -0.25) is 4.84 Å². The first-order chi connectivity index (χ1) is 16.5. The van der Waals surface area contributed by atoms with Gasteiger partial charge in [-0.05, 0) is 48.4 Å². The predicted octanol–water partition coefficient (Wildman–Crippen LogP) is 4.55. The fourth-order valence-electron chi connectivity index (χ4n) is 4.96. The molecule has 2 N–H and O–H groups in total. The van der Waals surface area contributed by atoms with Gasteiger partial charge in [0.1, 0.15) is 18.8 Å². The molecule has 1 unspecified atom stereocenters. The van der Waals surface area contributed by atoms with Crippen LogP contribution in [-0.4, -0.2) is 53.6 Å². The Balaban J connectivity index is 1.33. The van der Waals surface area contributed by atoms with Gasteiger partial charge in [0, 0.05) is 13.1 Å². The van der Waals surface area contributed by atoms with Gasteiger partial charge < -0.3 is 19.5 Å². The Hall–Kier alpha value is -2.27. The maximum atomic E-state index is 13.4. The van der Waals surface area contributed by atoms with Crippen LogP contribution in [0.25, 0.3) is 0 Å². The van der Waals surface area contributed by atoms with Gasteiger partial charge in [-0.2, -0.15) is 5.06 Å². The van der Waals surface area contributed by atoms with Gasteiger partial charge in [0.05, 0.1) is 6.04 Å². The SMILES string of the molecule is CC(C)(C)[Si](C)(C)O[C@@H](CN)c1nnc(C2CC3(CC3)[C@H]3CN2C(=O)N3OCc2ccccc2)o1. The maximum absolute atomic E-state index is 13.4. The molecule has 9 nitrogen and oxygen atoms in total. The number of nitrogens with zero attached hydrogens (tertiary/aromatic N) is 4. The smallest absolute Gasteiger partial charge is 0.345 e. The molecule has 2 bridgehead atoms. The number of aromatic nitrogens is 2. The molecule has 3 atom stereocenters. The molecule has 5 rings (SSSR count). The molecule has 190 valence electrons. The van der Waals surface area contributed by atoms with Crippen molar-refractivity contribution in [1.29, 1.82) is 0 Å². The van der Waals surface area contributed by atoms with Crippen molar-refractivity contribution in [3.63, 3.8) is 0 Å². The summed E-state index contributed by atoms with van der Waals surface area (Å²) in [6, 6.07) is 9.58. The summed E-state index contributed by atoms with van der Waals surface area (Å²) in [7, 11) is -2.08. The second-order valence-electron chi connectivity index (χ2n) is 11.7. The number of piperidine rings is 1. The van der Waals surface area contributed by atoms with Gasteiger partial charge in [-0.25, -0.2) is 4.79 Å². The van der Waals surface area contributed by atoms with E-state index < -0.39 is 14.4 Å². The van der Waals surface area contributed by atoms with Crippen molar-refractivity contribution in [3.05, 3.63) is 47.7 Å². The molecule has 3 heterocycles. The molecule has 0 radical (unpaired) electrons. The van der Waals surface area contributed by atoms with E-state index in [0.29, 0.717) is 24.9 Å². The molecule has 2 saturated heterocycles. The van der Waals surface area contributed by atoms with E-state index in [2.05, 4.69) is 44.1 Å². The Bertz CT molecular complexity index is 1070. The number of hydrogen-bond donors (Lipinski definition) is 1. The molecule has 1 spiro atoms. The number of nitrogens with two attached hydrogens (primary N) is 1. The van der Waals surface area contributed by atoms with E-state index in [1.807, 2.05) is 35.2 Å². The summed E-state index contributed by atoms with van der Waals surface area (Å²) >= 11 is 0. The summed E-state index contributed by atoms with van der Waals surface area (Å²) < 4.78 is 12.6. The third-order valence-corrected chi connectivity index (χ3v) is 12.8. The van der Waals surface area contributed by atoms with Gasteiger partial charge in [0.25, 0.3) is 0 Å². The van der Waals surface area contributed by atoms with Crippen LogP contribution in [0, 0.1) is 5.41 Å². The van der Waals surface area contributed by atoms with E-state index in [1.165, 1.54) is 0 Å². The number of benzene rings is 1. The minimum Gasteiger partial charge on any atom is -0.420 e. The highest BCUT2D eigenvalue weighted by Gasteiger charge is 2.64. The molecule has 2 amide bonds. The third-order valence-electron chi connectivity index (χ3n) is 8.35. The second kappa shape index (κ2) is 8.69. The summed E-state index contributed by atoms with van der Waals surface area (Å²) in [6.45, 7) is 12.1. The van der Waals surface area contributed by atoms with E-state index in [0.717, 1.165) is 24.8 Å². The molecule has 1 aromatic carbocycles. The Morgan fingerprint density at radius 2 is 1.94 bits per heavy atom. The number of carbonyl (C=O) groups excluding carboxylic acids is 1. The Morgan fingerprint density at radius 1 is 1.23 bits per heavy atom. The van der Waals surface area contributed by atoms with Crippen LogP contribution in [0.5, 0.6) is 0 Å². The number of amides is 2. The standard InChI is InChI=1S/C25H37N5O4Si/c1-24(2,3)35(4,5)34-19(14-26)22-28-27-21(33-22)18-13-25(11-12-25)20-15-29(18)23(31)30(20)32-16-17-9-7-6-8-10-17/h6-10,18-20H,11-16,26H2,1-5H3/t18?,19-,20+/m0/s1. The number of carbonyl (C=O) groups is 1. The normalized spacial score (nSPS) is 24.3. The Labute approximate surface area is 208 Å². The zero-order valence-corrected chi connectivity index (χ0v) is 22.4. The largest absolute Gasteiger partial charge is 0.420 e. The van der Waals surface area contributed by atoms with Crippen molar-refractivity contribution in [3.8, 4) is 0 Å². The quantitative estimate of drug-likeness (QED) is 0.531. The highest BCUT2D eigenvalue weighted by atomic mass is 28.4. The monoisotopic (exact) mass is 499 g/mol. The van der Waals surface area contributed by atoms with Crippen LogP contribution < -0.4 is 5.73 Å². The minimum atomic E-state index is -2.08. The van der Waals surface area contributed by atoms with Crippen molar-refractivity contribution in [2.24, 2.45) is 11.1 Å². The van der Waals surface area contributed by atoms with Crippen molar-refractivity contribution in [2.45, 2.75) is 83.0 Å². The first-order valence-corrected chi connectivity index (χ1v) is 15.4. The number of urea groups is 1. The summed E-state index contributed by atoms with van der Waals surface area (Å²) in [6.07, 6.45) is 2.48. The molecule has 2 aliphatic heterocycles. The zero-order chi connectivity index (χ0) is 25.0. The van der Waals surface area contributed by atoms with Crippen LogP contribution in [0.2, 0.25) is 18.1 Å². The molecule has 2 aromatic rings. The average Bonchev–Trinajstić information content (AvgIpc) is 3.29. The fraction of sp³-hybridized carbons (Fsp3) is 0.640. The lowest BCUT2D eigenvalue weighted by Crippen LogP contribution is -2.43. The topological polar surface area (TPSA) is 107 Å². The van der Waals surface area contributed by atoms with Gasteiger partial charge in [-0.15, -0.1) is 10.2 Å². The molecular formula is C25H37N5O4Si. The van der Waals surface area contributed by atoms with Gasteiger partial charge in [0.15, 0.2) is 8.32 Å². The Kier molecular flexibility index (Phi) is 6.06. The summed E-state index contributed by atoms with van der Waals surface area (Å²) in [5.74, 6) is 0.850. The third kappa shape index (κ3) is 4.41. The second-order valence-corrected chi connectivity index (χ2v) is 16.5. The molecular weight excluding hydrogens is 462 g/mol. The number of fused-ring (bicyclic) bond motifs is 3. The molecule has 1 aromatic heterocycles.